The second kappa shape index (κ2) is 9.76. The molecule has 3 aromatic carbocycles. The number of hydrogen-bond acceptors (Lipinski definition) is 4. The molecular weight excluding hydrogens is 398 g/mol. The van der Waals surface area contributed by atoms with Gasteiger partial charge in [0.1, 0.15) is 5.25 Å². The molecule has 0 spiro atoms. The molecule has 3 aromatic rings. The molecule has 0 bridgehead atoms. The number of hydrogen-bond donors (Lipinski definition) is 3. The van der Waals surface area contributed by atoms with Crippen LogP contribution in [0.4, 0.5) is 11.4 Å². The Kier molecular flexibility index (Phi) is 6.87. The van der Waals surface area contributed by atoms with Gasteiger partial charge in [-0.1, -0.05) is 30.3 Å². The van der Waals surface area contributed by atoms with Gasteiger partial charge in [-0.3, -0.25) is 14.4 Å². The van der Waals surface area contributed by atoms with Gasteiger partial charge >= 0.3 is 0 Å². The third-order valence-corrected chi connectivity index (χ3v) is 5.47. The lowest BCUT2D eigenvalue weighted by molar-refractivity contribution is -0.116. The molecule has 0 aliphatic rings. The first-order valence-corrected chi connectivity index (χ1v) is 10.1. The number of thioether (sulfide) groups is 1. The van der Waals surface area contributed by atoms with E-state index in [1.165, 1.54) is 18.7 Å². The predicted molar refractivity (Wildman–Crippen MR) is 119 cm³/mol. The van der Waals surface area contributed by atoms with Gasteiger partial charge < -0.3 is 16.4 Å². The first-order valence-electron chi connectivity index (χ1n) is 9.22. The number of amides is 3. The van der Waals surface area contributed by atoms with Crippen molar-refractivity contribution < 1.29 is 14.4 Å². The Balaban J connectivity index is 1.79. The Morgan fingerprint density at radius 2 is 1.37 bits per heavy atom. The molecule has 152 valence electrons. The van der Waals surface area contributed by atoms with Crippen LogP contribution in [0.15, 0.2) is 83.8 Å². The summed E-state index contributed by atoms with van der Waals surface area (Å²) < 4.78 is 0. The zero-order valence-electron chi connectivity index (χ0n) is 16.3. The van der Waals surface area contributed by atoms with Gasteiger partial charge in [0.15, 0.2) is 0 Å². The van der Waals surface area contributed by atoms with Crippen molar-refractivity contribution in [3.8, 4) is 0 Å². The van der Waals surface area contributed by atoms with Crippen LogP contribution in [0.2, 0.25) is 0 Å². The molecule has 3 amide bonds. The number of primary amides is 1. The SMILES string of the molecule is CC(=O)Nc1ccc(SC(C(=O)Nc2ccc(C(N)=O)cc2)c2ccccc2)cc1. The molecule has 30 heavy (non-hydrogen) atoms. The molecule has 0 heterocycles. The largest absolute Gasteiger partial charge is 0.366 e. The van der Waals surface area contributed by atoms with Crippen molar-refractivity contribution >= 4 is 40.9 Å². The van der Waals surface area contributed by atoms with Crippen molar-refractivity contribution in [1.29, 1.82) is 0 Å². The maximum atomic E-state index is 13.1. The van der Waals surface area contributed by atoms with Crippen LogP contribution in [0.25, 0.3) is 0 Å². The van der Waals surface area contributed by atoms with Crippen LogP contribution in [0, 0.1) is 0 Å². The van der Waals surface area contributed by atoms with Gasteiger partial charge in [-0.15, -0.1) is 11.8 Å². The summed E-state index contributed by atoms with van der Waals surface area (Å²) in [6, 6.07) is 23.2. The van der Waals surface area contributed by atoms with Crippen molar-refractivity contribution in [2.45, 2.75) is 17.1 Å². The van der Waals surface area contributed by atoms with E-state index in [2.05, 4.69) is 10.6 Å². The molecule has 6 nitrogen and oxygen atoms in total. The third kappa shape index (κ3) is 5.71. The van der Waals surface area contributed by atoms with Crippen molar-refractivity contribution in [1.82, 2.24) is 0 Å². The van der Waals surface area contributed by atoms with Crippen LogP contribution in [0.1, 0.15) is 28.1 Å². The fourth-order valence-corrected chi connectivity index (χ4v) is 3.81. The molecule has 1 unspecified atom stereocenters. The number of carbonyl (C=O) groups excluding carboxylic acids is 3. The number of rotatable bonds is 7. The van der Waals surface area contributed by atoms with Crippen molar-refractivity contribution in [2.75, 3.05) is 10.6 Å². The van der Waals surface area contributed by atoms with E-state index in [1.54, 1.807) is 36.4 Å². The fourth-order valence-electron chi connectivity index (χ4n) is 2.78. The van der Waals surface area contributed by atoms with Gasteiger partial charge in [-0.05, 0) is 54.1 Å². The van der Waals surface area contributed by atoms with Crippen LogP contribution in [-0.4, -0.2) is 17.7 Å². The summed E-state index contributed by atoms with van der Waals surface area (Å²) in [7, 11) is 0. The van der Waals surface area contributed by atoms with Gasteiger partial charge in [0.2, 0.25) is 17.7 Å². The standard InChI is InChI=1S/C23H21N3O3S/c1-15(27)25-18-11-13-20(14-12-18)30-21(16-5-3-2-4-6-16)23(29)26-19-9-7-17(8-10-19)22(24)28/h2-14,21H,1H3,(H2,24,28)(H,25,27)(H,26,29). The summed E-state index contributed by atoms with van der Waals surface area (Å²) in [5, 5.41) is 5.13. The molecular formula is C23H21N3O3S. The fraction of sp³-hybridized carbons (Fsp3) is 0.0870. The number of nitrogens with two attached hydrogens (primary N) is 1. The van der Waals surface area contributed by atoms with Gasteiger partial charge in [0.05, 0.1) is 0 Å². The number of benzene rings is 3. The van der Waals surface area contributed by atoms with Gasteiger partial charge in [-0.25, -0.2) is 0 Å². The maximum absolute atomic E-state index is 13.1. The van der Waals surface area contributed by atoms with E-state index in [4.69, 9.17) is 5.73 Å². The molecule has 3 rings (SSSR count). The summed E-state index contributed by atoms with van der Waals surface area (Å²) in [6.07, 6.45) is 0. The van der Waals surface area contributed by atoms with E-state index in [-0.39, 0.29) is 11.8 Å². The topological polar surface area (TPSA) is 101 Å². The Morgan fingerprint density at radius 3 is 1.93 bits per heavy atom. The average molecular weight is 420 g/mol. The van der Waals surface area contributed by atoms with Gasteiger partial charge in [0.25, 0.3) is 0 Å². The molecule has 7 heteroatoms. The highest BCUT2D eigenvalue weighted by Gasteiger charge is 2.22. The molecule has 0 saturated heterocycles. The minimum Gasteiger partial charge on any atom is -0.366 e. The lowest BCUT2D eigenvalue weighted by Crippen LogP contribution is -2.19. The van der Waals surface area contributed by atoms with Crippen LogP contribution in [0.5, 0.6) is 0 Å². The number of nitrogens with one attached hydrogen (secondary N) is 2. The lowest BCUT2D eigenvalue weighted by Gasteiger charge is -2.17. The predicted octanol–water partition coefficient (Wildman–Crippen LogP) is 4.22. The highest BCUT2D eigenvalue weighted by Crippen LogP contribution is 2.36. The van der Waals surface area contributed by atoms with Gasteiger partial charge in [-0.2, -0.15) is 0 Å². The minimum atomic E-state index is -0.520. The van der Waals surface area contributed by atoms with Crippen molar-refractivity contribution in [3.05, 3.63) is 90.0 Å². The average Bonchev–Trinajstić information content (AvgIpc) is 2.73. The summed E-state index contributed by atoms with van der Waals surface area (Å²) >= 11 is 1.41. The molecule has 0 fully saturated rings. The first kappa shape index (κ1) is 21.1. The van der Waals surface area contributed by atoms with E-state index < -0.39 is 11.2 Å². The Morgan fingerprint density at radius 1 is 0.800 bits per heavy atom. The van der Waals surface area contributed by atoms with E-state index in [0.717, 1.165) is 10.5 Å². The molecule has 0 saturated carbocycles. The van der Waals surface area contributed by atoms with Crippen molar-refractivity contribution in [2.24, 2.45) is 5.73 Å². The second-order valence-electron chi connectivity index (χ2n) is 6.54. The number of anilines is 2. The first-order chi connectivity index (χ1) is 14.4. The summed E-state index contributed by atoms with van der Waals surface area (Å²) in [5.41, 5.74) is 7.77. The Hall–Kier alpha value is -3.58. The summed E-state index contributed by atoms with van der Waals surface area (Å²) in [5.74, 6) is -0.850. The van der Waals surface area contributed by atoms with Crippen LogP contribution >= 0.6 is 11.8 Å². The Labute approximate surface area is 178 Å². The monoisotopic (exact) mass is 419 g/mol. The molecule has 0 aromatic heterocycles. The van der Waals surface area contributed by atoms with Crippen LogP contribution in [0.3, 0.4) is 0 Å². The Bertz CT molecular complexity index is 1040. The molecule has 0 aliphatic carbocycles. The summed E-state index contributed by atoms with van der Waals surface area (Å²) in [4.78, 5) is 36.4. The van der Waals surface area contributed by atoms with Crippen LogP contribution < -0.4 is 16.4 Å². The van der Waals surface area contributed by atoms with E-state index >= 15 is 0 Å². The van der Waals surface area contributed by atoms with E-state index in [0.29, 0.717) is 16.9 Å². The zero-order valence-corrected chi connectivity index (χ0v) is 17.1. The van der Waals surface area contributed by atoms with Crippen LogP contribution in [-0.2, 0) is 9.59 Å². The third-order valence-electron chi connectivity index (χ3n) is 4.21. The normalized spacial score (nSPS) is 11.4. The van der Waals surface area contributed by atoms with E-state index in [1.807, 2.05) is 42.5 Å². The quantitative estimate of drug-likeness (QED) is 0.499. The smallest absolute Gasteiger partial charge is 0.248 e. The summed E-state index contributed by atoms with van der Waals surface area (Å²) in [6.45, 7) is 1.45. The van der Waals surface area contributed by atoms with Gasteiger partial charge in [0, 0.05) is 28.8 Å². The maximum Gasteiger partial charge on any atom is 0.248 e. The zero-order chi connectivity index (χ0) is 21.5. The minimum absolute atomic E-state index is 0.140. The second-order valence-corrected chi connectivity index (χ2v) is 7.72. The van der Waals surface area contributed by atoms with Crippen molar-refractivity contribution in [3.63, 3.8) is 0 Å². The molecule has 1 atom stereocenters. The molecule has 4 N–H and O–H groups in total. The molecule has 0 radical (unpaired) electrons. The lowest BCUT2D eigenvalue weighted by atomic mass is 10.1. The van der Waals surface area contributed by atoms with E-state index in [9.17, 15) is 14.4 Å². The highest BCUT2D eigenvalue weighted by molar-refractivity contribution is 8.00. The number of carbonyl (C=O) groups is 3. The highest BCUT2D eigenvalue weighted by atomic mass is 32.2. The molecule has 0 aliphatic heterocycles.